The summed E-state index contributed by atoms with van der Waals surface area (Å²) in [6, 6.07) is 12.2. The Morgan fingerprint density at radius 1 is 1.32 bits per heavy atom. The average Bonchev–Trinajstić information content (AvgIpc) is 3.29. The molecule has 0 saturated carbocycles. The average molecular weight is 359 g/mol. The summed E-state index contributed by atoms with van der Waals surface area (Å²) >= 11 is 1.73. The topological polar surface area (TPSA) is 41.6 Å². The van der Waals surface area contributed by atoms with Gasteiger partial charge in [-0.1, -0.05) is 25.1 Å². The number of rotatable bonds is 8. The zero-order valence-corrected chi connectivity index (χ0v) is 15.6. The minimum atomic E-state index is 0.0267. The number of thiophene rings is 1. The Balaban J connectivity index is 1.57. The fourth-order valence-electron chi connectivity index (χ4n) is 3.11. The predicted octanol–water partition coefficient (Wildman–Crippen LogP) is 3.93. The first-order valence-electron chi connectivity index (χ1n) is 8.98. The van der Waals surface area contributed by atoms with E-state index in [1.54, 1.807) is 11.3 Å². The highest BCUT2D eigenvalue weighted by Gasteiger charge is 2.21. The first kappa shape index (κ1) is 18.1. The number of carbonyl (C=O) groups is 1. The van der Waals surface area contributed by atoms with Crippen molar-refractivity contribution in [3.8, 4) is 0 Å². The minimum Gasteiger partial charge on any atom is -0.377 e. The van der Waals surface area contributed by atoms with Crippen molar-refractivity contribution >= 4 is 22.9 Å². The summed E-state index contributed by atoms with van der Waals surface area (Å²) in [5.74, 6) is 0.0267. The molecule has 25 heavy (non-hydrogen) atoms. The van der Waals surface area contributed by atoms with Gasteiger partial charge in [-0.2, -0.15) is 0 Å². The van der Waals surface area contributed by atoms with Gasteiger partial charge in [-0.25, -0.2) is 0 Å². The Kier molecular flexibility index (Phi) is 6.62. The number of hydrogen-bond acceptors (Lipinski definition) is 4. The third kappa shape index (κ3) is 5.66. The Hall–Kier alpha value is -1.69. The summed E-state index contributed by atoms with van der Waals surface area (Å²) in [5, 5.41) is 5.09. The van der Waals surface area contributed by atoms with Crippen molar-refractivity contribution in [3.05, 3.63) is 52.2 Å². The Bertz CT molecular complexity index is 649. The van der Waals surface area contributed by atoms with Crippen LogP contribution in [-0.2, 0) is 22.5 Å². The maximum Gasteiger partial charge on any atom is 0.238 e. The van der Waals surface area contributed by atoms with E-state index in [9.17, 15) is 4.79 Å². The molecule has 1 aliphatic heterocycles. The van der Waals surface area contributed by atoms with Gasteiger partial charge in [-0.3, -0.25) is 9.69 Å². The summed E-state index contributed by atoms with van der Waals surface area (Å²) in [6.07, 6.45) is 3.45. The molecule has 4 nitrogen and oxygen atoms in total. The molecule has 134 valence electrons. The molecule has 1 aliphatic rings. The van der Waals surface area contributed by atoms with Gasteiger partial charge in [0.25, 0.3) is 0 Å². The van der Waals surface area contributed by atoms with Crippen LogP contribution in [0.15, 0.2) is 41.8 Å². The van der Waals surface area contributed by atoms with Gasteiger partial charge in [0.1, 0.15) is 0 Å². The Labute approximate surface area is 153 Å². The molecule has 5 heteroatoms. The van der Waals surface area contributed by atoms with E-state index >= 15 is 0 Å². The summed E-state index contributed by atoms with van der Waals surface area (Å²) < 4.78 is 5.76. The van der Waals surface area contributed by atoms with Crippen LogP contribution in [0.4, 0.5) is 5.69 Å². The molecule has 0 aliphatic carbocycles. The second-order valence-corrected chi connectivity index (χ2v) is 7.51. The van der Waals surface area contributed by atoms with Gasteiger partial charge in [-0.05, 0) is 48.4 Å². The Morgan fingerprint density at radius 2 is 2.16 bits per heavy atom. The molecule has 1 aromatic heterocycles. The van der Waals surface area contributed by atoms with E-state index in [0.717, 1.165) is 44.6 Å². The van der Waals surface area contributed by atoms with Crippen LogP contribution in [0.1, 0.15) is 30.2 Å². The van der Waals surface area contributed by atoms with Crippen molar-refractivity contribution in [3.63, 3.8) is 0 Å². The zero-order valence-electron chi connectivity index (χ0n) is 14.7. The monoisotopic (exact) mass is 358 g/mol. The highest BCUT2D eigenvalue weighted by molar-refractivity contribution is 7.09. The number of nitrogens with one attached hydrogen (secondary N) is 1. The zero-order chi connectivity index (χ0) is 17.5. The van der Waals surface area contributed by atoms with Crippen molar-refractivity contribution in [1.29, 1.82) is 0 Å². The minimum absolute atomic E-state index is 0.0267. The second-order valence-electron chi connectivity index (χ2n) is 6.48. The molecule has 2 heterocycles. The lowest BCUT2D eigenvalue weighted by atomic mass is 10.1. The molecule has 1 N–H and O–H groups in total. The molecule has 1 fully saturated rings. The fourth-order valence-corrected chi connectivity index (χ4v) is 3.86. The van der Waals surface area contributed by atoms with Crippen molar-refractivity contribution in [1.82, 2.24) is 4.90 Å². The summed E-state index contributed by atoms with van der Waals surface area (Å²) in [4.78, 5) is 16.0. The van der Waals surface area contributed by atoms with Crippen LogP contribution in [0.3, 0.4) is 0 Å². The summed E-state index contributed by atoms with van der Waals surface area (Å²) in [6.45, 7) is 4.95. The molecular weight excluding hydrogens is 332 g/mol. The highest BCUT2D eigenvalue weighted by atomic mass is 32.1. The fraction of sp³-hybridized carbons (Fsp3) is 0.450. The van der Waals surface area contributed by atoms with Crippen LogP contribution < -0.4 is 5.32 Å². The molecule has 0 spiro atoms. The number of amides is 1. The van der Waals surface area contributed by atoms with E-state index in [4.69, 9.17) is 4.74 Å². The van der Waals surface area contributed by atoms with Crippen molar-refractivity contribution in [2.45, 2.75) is 38.8 Å². The van der Waals surface area contributed by atoms with Gasteiger partial charge in [0, 0.05) is 30.3 Å². The normalized spacial score (nSPS) is 17.1. The van der Waals surface area contributed by atoms with Gasteiger partial charge in [0.15, 0.2) is 0 Å². The van der Waals surface area contributed by atoms with E-state index in [1.807, 2.05) is 12.1 Å². The van der Waals surface area contributed by atoms with Gasteiger partial charge in [0.2, 0.25) is 5.91 Å². The number of nitrogens with zero attached hydrogens (tertiary/aromatic N) is 1. The van der Waals surface area contributed by atoms with Crippen molar-refractivity contribution in [2.24, 2.45) is 0 Å². The van der Waals surface area contributed by atoms with E-state index < -0.39 is 0 Å². The molecule has 0 radical (unpaired) electrons. The standard InChI is InChI=1S/C20H26N2O2S/c1-2-16-7-9-17(10-8-16)21-20(23)15-22(13-18-5-3-11-24-18)14-19-6-4-12-25-19/h4,6-10,12,18H,2-3,5,11,13-15H2,1H3,(H,21,23)/t18-/m1/s1. The van der Waals surface area contributed by atoms with E-state index in [-0.39, 0.29) is 12.0 Å². The van der Waals surface area contributed by atoms with Crippen molar-refractivity contribution in [2.75, 3.05) is 25.0 Å². The SMILES string of the molecule is CCc1ccc(NC(=O)CN(Cc2cccs2)C[C@H]2CCCO2)cc1. The lowest BCUT2D eigenvalue weighted by Gasteiger charge is -2.24. The largest absolute Gasteiger partial charge is 0.377 e. The molecule has 3 rings (SSSR count). The number of ether oxygens (including phenoxy) is 1. The van der Waals surface area contributed by atoms with Crippen LogP contribution in [0, 0.1) is 0 Å². The molecule has 1 saturated heterocycles. The maximum absolute atomic E-state index is 12.5. The quantitative estimate of drug-likeness (QED) is 0.777. The molecule has 1 aromatic carbocycles. The lowest BCUT2D eigenvalue weighted by Crippen LogP contribution is -2.37. The van der Waals surface area contributed by atoms with Crippen LogP contribution in [0.5, 0.6) is 0 Å². The molecule has 1 amide bonds. The van der Waals surface area contributed by atoms with E-state index in [0.29, 0.717) is 6.54 Å². The van der Waals surface area contributed by atoms with Crippen LogP contribution in [0.2, 0.25) is 0 Å². The number of hydrogen-bond donors (Lipinski definition) is 1. The molecule has 2 aromatic rings. The third-order valence-corrected chi connectivity index (χ3v) is 5.32. The number of carbonyl (C=O) groups excluding carboxylic acids is 1. The number of anilines is 1. The number of aryl methyl sites for hydroxylation is 1. The third-order valence-electron chi connectivity index (χ3n) is 4.46. The van der Waals surface area contributed by atoms with E-state index in [1.165, 1.54) is 10.4 Å². The van der Waals surface area contributed by atoms with Gasteiger partial charge in [-0.15, -0.1) is 11.3 Å². The van der Waals surface area contributed by atoms with Crippen molar-refractivity contribution < 1.29 is 9.53 Å². The first-order chi connectivity index (χ1) is 12.2. The molecule has 1 atom stereocenters. The number of benzene rings is 1. The van der Waals surface area contributed by atoms with Crippen LogP contribution in [0.25, 0.3) is 0 Å². The predicted molar refractivity (Wildman–Crippen MR) is 103 cm³/mol. The van der Waals surface area contributed by atoms with Crippen LogP contribution in [-0.4, -0.2) is 36.6 Å². The lowest BCUT2D eigenvalue weighted by molar-refractivity contribution is -0.117. The molecular formula is C20H26N2O2S. The Morgan fingerprint density at radius 3 is 2.80 bits per heavy atom. The molecule has 0 unspecified atom stereocenters. The highest BCUT2D eigenvalue weighted by Crippen LogP contribution is 2.17. The maximum atomic E-state index is 12.5. The van der Waals surface area contributed by atoms with E-state index in [2.05, 4.69) is 46.8 Å². The second kappa shape index (κ2) is 9.13. The van der Waals surface area contributed by atoms with Gasteiger partial charge in [0.05, 0.1) is 12.6 Å². The summed E-state index contributed by atoms with van der Waals surface area (Å²) in [7, 11) is 0. The molecule has 0 bridgehead atoms. The van der Waals surface area contributed by atoms with Gasteiger partial charge >= 0.3 is 0 Å². The smallest absolute Gasteiger partial charge is 0.238 e. The summed E-state index contributed by atoms with van der Waals surface area (Å²) in [5.41, 5.74) is 2.13. The van der Waals surface area contributed by atoms with Gasteiger partial charge < -0.3 is 10.1 Å². The van der Waals surface area contributed by atoms with Crippen LogP contribution >= 0.6 is 11.3 Å². The first-order valence-corrected chi connectivity index (χ1v) is 9.86.